The van der Waals surface area contributed by atoms with E-state index >= 15 is 0 Å². The molecule has 0 fully saturated rings. The van der Waals surface area contributed by atoms with Crippen molar-refractivity contribution in [2.45, 2.75) is 46.0 Å². The van der Waals surface area contributed by atoms with Crippen molar-refractivity contribution in [3.05, 3.63) is 17.5 Å². The van der Waals surface area contributed by atoms with Gasteiger partial charge in [-0.3, -0.25) is 0 Å². The van der Waals surface area contributed by atoms with Gasteiger partial charge in [-0.2, -0.15) is 0 Å². The molecule has 0 aromatic carbocycles. The molecule has 1 aromatic heterocycles. The summed E-state index contributed by atoms with van der Waals surface area (Å²) in [5.41, 5.74) is 1.97. The molecule has 0 aliphatic heterocycles. The molecule has 0 aliphatic carbocycles. The number of hydrogen-bond acceptors (Lipinski definition) is 3. The molecular weight excluding hydrogens is 234 g/mol. The summed E-state index contributed by atoms with van der Waals surface area (Å²) >= 11 is 5.80. The van der Waals surface area contributed by atoms with Crippen molar-refractivity contribution in [2.24, 2.45) is 5.92 Å². The van der Waals surface area contributed by atoms with Crippen molar-refractivity contribution in [3.8, 4) is 0 Å². The van der Waals surface area contributed by atoms with Gasteiger partial charge in [-0.05, 0) is 26.2 Å². The lowest BCUT2D eigenvalue weighted by Crippen LogP contribution is -2.31. The molecule has 1 heterocycles. The Kier molecular flexibility index (Phi) is 5.19. The van der Waals surface area contributed by atoms with E-state index in [1.165, 1.54) is 0 Å². The molecule has 0 amide bonds. The zero-order chi connectivity index (χ0) is 13.0. The lowest BCUT2D eigenvalue weighted by Gasteiger charge is -2.26. The molecule has 1 atom stereocenters. The third kappa shape index (κ3) is 3.84. The summed E-state index contributed by atoms with van der Waals surface area (Å²) in [7, 11) is 2.04. The second kappa shape index (κ2) is 6.20. The standard InChI is InChI=1S/C13H22ClN3/c1-9(2)6-10(3)17(5)13-15-8-12(7-14)11(4)16-13/h8-10H,6-7H2,1-5H3. The van der Waals surface area contributed by atoms with E-state index in [4.69, 9.17) is 11.6 Å². The predicted octanol–water partition coefficient (Wildman–Crippen LogP) is 3.39. The van der Waals surface area contributed by atoms with E-state index in [-0.39, 0.29) is 0 Å². The van der Waals surface area contributed by atoms with Crippen LogP contribution in [-0.4, -0.2) is 23.1 Å². The second-order valence-electron chi connectivity index (χ2n) is 5.00. The van der Waals surface area contributed by atoms with Gasteiger partial charge < -0.3 is 4.90 Å². The smallest absolute Gasteiger partial charge is 0.225 e. The number of anilines is 1. The highest BCUT2D eigenvalue weighted by molar-refractivity contribution is 6.17. The minimum Gasteiger partial charge on any atom is -0.341 e. The van der Waals surface area contributed by atoms with Crippen LogP contribution in [0.25, 0.3) is 0 Å². The lowest BCUT2D eigenvalue weighted by molar-refractivity contribution is 0.499. The van der Waals surface area contributed by atoms with Gasteiger partial charge >= 0.3 is 0 Å². The first kappa shape index (κ1) is 14.2. The van der Waals surface area contributed by atoms with E-state index in [0.717, 1.165) is 23.6 Å². The SMILES string of the molecule is Cc1nc(N(C)C(C)CC(C)C)ncc1CCl. The Morgan fingerprint density at radius 3 is 2.47 bits per heavy atom. The Morgan fingerprint density at radius 2 is 2.00 bits per heavy atom. The maximum atomic E-state index is 5.80. The van der Waals surface area contributed by atoms with Crippen LogP contribution in [0.15, 0.2) is 6.20 Å². The lowest BCUT2D eigenvalue weighted by atomic mass is 10.0. The highest BCUT2D eigenvalue weighted by Gasteiger charge is 2.14. The molecule has 1 rings (SSSR count). The molecule has 1 aromatic rings. The van der Waals surface area contributed by atoms with Crippen LogP contribution >= 0.6 is 11.6 Å². The van der Waals surface area contributed by atoms with E-state index in [1.807, 2.05) is 20.2 Å². The summed E-state index contributed by atoms with van der Waals surface area (Å²) in [6, 6.07) is 0.441. The summed E-state index contributed by atoms with van der Waals surface area (Å²) in [5, 5.41) is 0. The Morgan fingerprint density at radius 1 is 1.35 bits per heavy atom. The molecule has 17 heavy (non-hydrogen) atoms. The molecule has 0 saturated heterocycles. The first-order chi connectivity index (χ1) is 7.95. The fourth-order valence-corrected chi connectivity index (χ4v) is 2.08. The quantitative estimate of drug-likeness (QED) is 0.756. The molecule has 3 nitrogen and oxygen atoms in total. The fourth-order valence-electron chi connectivity index (χ4n) is 1.82. The monoisotopic (exact) mass is 255 g/mol. The maximum Gasteiger partial charge on any atom is 0.225 e. The molecule has 0 N–H and O–H groups in total. The highest BCUT2D eigenvalue weighted by atomic mass is 35.5. The fraction of sp³-hybridized carbons (Fsp3) is 0.692. The Balaban J connectivity index is 2.82. The Hall–Kier alpha value is -0.830. The average Bonchev–Trinajstić information content (AvgIpc) is 2.27. The number of aromatic nitrogens is 2. The van der Waals surface area contributed by atoms with Gasteiger partial charge in [0.05, 0.1) is 5.88 Å². The van der Waals surface area contributed by atoms with Crippen molar-refractivity contribution >= 4 is 17.5 Å². The number of halogens is 1. The molecular formula is C13H22ClN3. The van der Waals surface area contributed by atoms with Gasteiger partial charge in [0, 0.05) is 30.5 Å². The zero-order valence-electron chi connectivity index (χ0n) is 11.4. The molecule has 0 radical (unpaired) electrons. The molecule has 4 heteroatoms. The van der Waals surface area contributed by atoms with Crippen LogP contribution in [0.4, 0.5) is 5.95 Å². The van der Waals surface area contributed by atoms with Gasteiger partial charge in [-0.1, -0.05) is 13.8 Å². The van der Waals surface area contributed by atoms with Crippen LogP contribution < -0.4 is 4.90 Å². The third-order valence-corrected chi connectivity index (χ3v) is 3.29. The van der Waals surface area contributed by atoms with Crippen LogP contribution in [0.1, 0.15) is 38.4 Å². The van der Waals surface area contributed by atoms with Crippen molar-refractivity contribution in [1.82, 2.24) is 9.97 Å². The van der Waals surface area contributed by atoms with E-state index in [9.17, 15) is 0 Å². The topological polar surface area (TPSA) is 29.0 Å². The summed E-state index contributed by atoms with van der Waals surface area (Å²) in [4.78, 5) is 11.0. The average molecular weight is 256 g/mol. The van der Waals surface area contributed by atoms with Crippen molar-refractivity contribution in [3.63, 3.8) is 0 Å². The molecule has 0 bridgehead atoms. The van der Waals surface area contributed by atoms with E-state index in [2.05, 4.69) is 35.6 Å². The maximum absolute atomic E-state index is 5.80. The molecule has 0 aliphatic rings. The molecule has 0 saturated carbocycles. The van der Waals surface area contributed by atoms with Crippen molar-refractivity contribution in [1.29, 1.82) is 0 Å². The van der Waals surface area contributed by atoms with Crippen LogP contribution in [0, 0.1) is 12.8 Å². The summed E-state index contributed by atoms with van der Waals surface area (Å²) < 4.78 is 0. The van der Waals surface area contributed by atoms with Crippen LogP contribution in [-0.2, 0) is 5.88 Å². The van der Waals surface area contributed by atoms with Crippen molar-refractivity contribution in [2.75, 3.05) is 11.9 Å². The van der Waals surface area contributed by atoms with Gasteiger partial charge in [0.25, 0.3) is 0 Å². The van der Waals surface area contributed by atoms with E-state index in [1.54, 1.807) is 0 Å². The van der Waals surface area contributed by atoms with Gasteiger partial charge in [0.1, 0.15) is 0 Å². The summed E-state index contributed by atoms with van der Waals surface area (Å²) in [6.07, 6.45) is 2.96. The second-order valence-corrected chi connectivity index (χ2v) is 5.27. The van der Waals surface area contributed by atoms with Crippen LogP contribution in [0.5, 0.6) is 0 Å². The van der Waals surface area contributed by atoms with Crippen molar-refractivity contribution < 1.29 is 0 Å². The highest BCUT2D eigenvalue weighted by Crippen LogP contribution is 2.17. The third-order valence-electron chi connectivity index (χ3n) is 3.00. The number of rotatable bonds is 5. The van der Waals surface area contributed by atoms with Crippen LogP contribution in [0.2, 0.25) is 0 Å². The summed E-state index contributed by atoms with van der Waals surface area (Å²) in [6.45, 7) is 8.64. The minimum absolute atomic E-state index is 0.441. The largest absolute Gasteiger partial charge is 0.341 e. The number of hydrogen-bond donors (Lipinski definition) is 0. The Labute approximate surface area is 109 Å². The first-order valence-corrected chi connectivity index (χ1v) is 6.60. The number of aryl methyl sites for hydroxylation is 1. The first-order valence-electron chi connectivity index (χ1n) is 6.07. The van der Waals surface area contributed by atoms with Gasteiger partial charge in [0.2, 0.25) is 5.95 Å². The normalized spacial score (nSPS) is 12.9. The predicted molar refractivity (Wildman–Crippen MR) is 73.6 cm³/mol. The minimum atomic E-state index is 0.441. The van der Waals surface area contributed by atoms with Crippen LogP contribution in [0.3, 0.4) is 0 Å². The molecule has 0 spiro atoms. The van der Waals surface area contributed by atoms with Gasteiger partial charge in [-0.15, -0.1) is 11.6 Å². The number of alkyl halides is 1. The molecule has 96 valence electrons. The molecule has 1 unspecified atom stereocenters. The Bertz CT molecular complexity index is 366. The summed E-state index contributed by atoms with van der Waals surface area (Å²) in [5.74, 6) is 1.93. The zero-order valence-corrected chi connectivity index (χ0v) is 12.1. The van der Waals surface area contributed by atoms with E-state index < -0.39 is 0 Å². The number of nitrogens with zero attached hydrogens (tertiary/aromatic N) is 3. The van der Waals surface area contributed by atoms with E-state index in [0.29, 0.717) is 17.8 Å². The van der Waals surface area contributed by atoms with Gasteiger partial charge in [-0.25, -0.2) is 9.97 Å². The van der Waals surface area contributed by atoms with Gasteiger partial charge in [0.15, 0.2) is 0 Å².